The zero-order valence-electron chi connectivity index (χ0n) is 11.8. The molecule has 1 fully saturated rings. The second-order valence-corrected chi connectivity index (χ2v) is 6.83. The summed E-state index contributed by atoms with van der Waals surface area (Å²) >= 11 is 0. The topological polar surface area (TPSA) is 0 Å². The SMILES string of the molecule is C=C1CC[C@@]2(C)CCC3=C(CCc4c[c]ccc43)[C@H]12. The number of fused-ring (bicyclic) bond motifs is 4. The van der Waals surface area contributed by atoms with Crippen molar-refractivity contribution in [3.63, 3.8) is 0 Å². The molecule has 0 bridgehead atoms. The van der Waals surface area contributed by atoms with Crippen molar-refractivity contribution in [3.05, 3.63) is 53.1 Å². The Morgan fingerprint density at radius 1 is 1.21 bits per heavy atom. The van der Waals surface area contributed by atoms with Gasteiger partial charge in [-0.3, -0.25) is 0 Å². The maximum atomic E-state index is 4.39. The zero-order chi connectivity index (χ0) is 13.0. The Morgan fingerprint density at radius 2 is 2.05 bits per heavy atom. The largest absolute Gasteiger partial charge is 0.0992 e. The van der Waals surface area contributed by atoms with Gasteiger partial charge in [0.25, 0.3) is 0 Å². The summed E-state index contributed by atoms with van der Waals surface area (Å²) in [6.07, 6.45) is 7.65. The van der Waals surface area contributed by atoms with E-state index in [9.17, 15) is 0 Å². The summed E-state index contributed by atoms with van der Waals surface area (Å²) in [5, 5.41) is 0. The normalized spacial score (nSPS) is 32.9. The van der Waals surface area contributed by atoms with E-state index in [0.29, 0.717) is 11.3 Å². The number of allylic oxidation sites excluding steroid dienone is 3. The van der Waals surface area contributed by atoms with Crippen molar-refractivity contribution in [2.45, 2.75) is 45.4 Å². The van der Waals surface area contributed by atoms with E-state index in [0.717, 1.165) is 0 Å². The third-order valence-corrected chi connectivity index (χ3v) is 5.74. The average molecular weight is 249 g/mol. The van der Waals surface area contributed by atoms with Gasteiger partial charge in [-0.05, 0) is 66.7 Å². The number of hydrogen-bond acceptors (Lipinski definition) is 0. The summed E-state index contributed by atoms with van der Waals surface area (Å²) in [6, 6.07) is 9.79. The van der Waals surface area contributed by atoms with Crippen molar-refractivity contribution >= 4 is 5.57 Å². The van der Waals surface area contributed by atoms with Gasteiger partial charge < -0.3 is 0 Å². The Hall–Kier alpha value is -1.30. The Kier molecular flexibility index (Phi) is 2.33. The van der Waals surface area contributed by atoms with Crippen LogP contribution in [-0.4, -0.2) is 0 Å². The minimum absolute atomic E-state index is 0.508. The van der Waals surface area contributed by atoms with Crippen LogP contribution in [0.2, 0.25) is 0 Å². The third-order valence-electron chi connectivity index (χ3n) is 5.74. The molecule has 97 valence electrons. The summed E-state index contributed by atoms with van der Waals surface area (Å²) in [7, 11) is 0. The lowest BCUT2D eigenvalue weighted by molar-refractivity contribution is 0.241. The van der Waals surface area contributed by atoms with E-state index in [2.05, 4.69) is 37.8 Å². The molecule has 1 saturated carbocycles. The summed E-state index contributed by atoms with van der Waals surface area (Å²) in [6.45, 7) is 6.88. The van der Waals surface area contributed by atoms with E-state index in [1.54, 1.807) is 11.1 Å². The van der Waals surface area contributed by atoms with Gasteiger partial charge in [-0.25, -0.2) is 0 Å². The average Bonchev–Trinajstić information content (AvgIpc) is 2.74. The Balaban J connectivity index is 1.89. The first-order valence-corrected chi connectivity index (χ1v) is 7.58. The summed E-state index contributed by atoms with van der Waals surface area (Å²) in [4.78, 5) is 0. The number of rotatable bonds is 0. The highest BCUT2D eigenvalue weighted by Gasteiger charge is 2.46. The van der Waals surface area contributed by atoms with Crippen LogP contribution in [-0.2, 0) is 6.42 Å². The predicted octanol–water partition coefficient (Wildman–Crippen LogP) is 4.95. The second-order valence-electron chi connectivity index (χ2n) is 6.83. The van der Waals surface area contributed by atoms with Crippen LogP contribution in [0.5, 0.6) is 0 Å². The van der Waals surface area contributed by atoms with E-state index < -0.39 is 0 Å². The van der Waals surface area contributed by atoms with E-state index in [1.807, 2.05) is 0 Å². The lowest BCUT2D eigenvalue weighted by Crippen LogP contribution is -2.30. The fourth-order valence-corrected chi connectivity index (χ4v) is 4.75. The summed E-state index contributed by atoms with van der Waals surface area (Å²) in [5.41, 5.74) is 8.42. The van der Waals surface area contributed by atoms with Gasteiger partial charge in [0.05, 0.1) is 0 Å². The monoisotopic (exact) mass is 249 g/mol. The Bertz CT molecular complexity index is 590. The van der Waals surface area contributed by atoms with Crippen molar-refractivity contribution < 1.29 is 0 Å². The van der Waals surface area contributed by atoms with Crippen LogP contribution >= 0.6 is 0 Å². The predicted molar refractivity (Wildman–Crippen MR) is 79.7 cm³/mol. The van der Waals surface area contributed by atoms with Crippen molar-refractivity contribution in [3.8, 4) is 0 Å². The molecule has 0 heterocycles. The van der Waals surface area contributed by atoms with Crippen LogP contribution in [0.4, 0.5) is 0 Å². The third kappa shape index (κ3) is 1.52. The van der Waals surface area contributed by atoms with Crippen LogP contribution in [0.25, 0.3) is 5.57 Å². The zero-order valence-corrected chi connectivity index (χ0v) is 11.8. The van der Waals surface area contributed by atoms with E-state index in [-0.39, 0.29) is 0 Å². The molecule has 1 aromatic rings. The maximum Gasteiger partial charge on any atom is 0.00645 e. The standard InChI is InChI=1S/C19H21/c1-13-9-11-19(2)12-10-16-15-6-4-3-5-14(15)7-8-17(16)18(13)19/h4-6,18H,1,7-12H2,2H3/t18-,19-/m0/s1. The Morgan fingerprint density at radius 3 is 2.95 bits per heavy atom. The fraction of sp³-hybridized carbons (Fsp3) is 0.474. The minimum atomic E-state index is 0.508. The van der Waals surface area contributed by atoms with E-state index in [1.165, 1.54) is 55.2 Å². The smallest absolute Gasteiger partial charge is 0.00645 e. The van der Waals surface area contributed by atoms with E-state index in [4.69, 9.17) is 0 Å². The molecular weight excluding hydrogens is 228 g/mol. The van der Waals surface area contributed by atoms with Gasteiger partial charge in [-0.2, -0.15) is 0 Å². The molecule has 0 unspecified atom stereocenters. The first-order valence-electron chi connectivity index (χ1n) is 7.58. The maximum absolute atomic E-state index is 4.39. The molecule has 0 N–H and O–H groups in total. The van der Waals surface area contributed by atoms with Crippen LogP contribution < -0.4 is 0 Å². The van der Waals surface area contributed by atoms with Crippen LogP contribution in [0.15, 0.2) is 35.9 Å². The number of hydrogen-bond donors (Lipinski definition) is 0. The fourth-order valence-electron chi connectivity index (χ4n) is 4.75. The lowest BCUT2D eigenvalue weighted by atomic mass is 9.62. The molecular formula is C19H21. The van der Waals surface area contributed by atoms with Gasteiger partial charge in [0, 0.05) is 5.92 Å². The molecule has 1 aromatic carbocycles. The molecule has 0 aromatic heterocycles. The summed E-state index contributed by atoms with van der Waals surface area (Å²) in [5.74, 6) is 0.675. The molecule has 19 heavy (non-hydrogen) atoms. The minimum Gasteiger partial charge on any atom is -0.0992 e. The van der Waals surface area contributed by atoms with Crippen molar-refractivity contribution in [1.82, 2.24) is 0 Å². The van der Waals surface area contributed by atoms with Crippen molar-refractivity contribution in [2.24, 2.45) is 11.3 Å². The molecule has 1 radical (unpaired) electrons. The van der Waals surface area contributed by atoms with Gasteiger partial charge in [0.1, 0.15) is 0 Å². The second kappa shape index (κ2) is 3.85. The van der Waals surface area contributed by atoms with Crippen molar-refractivity contribution in [2.75, 3.05) is 0 Å². The molecule has 2 atom stereocenters. The van der Waals surface area contributed by atoms with Gasteiger partial charge in [0.15, 0.2) is 0 Å². The van der Waals surface area contributed by atoms with Gasteiger partial charge in [0.2, 0.25) is 0 Å². The number of aryl methyl sites for hydroxylation is 1. The highest BCUT2D eigenvalue weighted by atomic mass is 14.5. The van der Waals surface area contributed by atoms with Gasteiger partial charge >= 0.3 is 0 Å². The molecule has 0 aliphatic heterocycles. The molecule has 0 saturated heterocycles. The van der Waals surface area contributed by atoms with Gasteiger partial charge in [-0.1, -0.05) is 42.8 Å². The highest BCUT2D eigenvalue weighted by molar-refractivity contribution is 5.75. The van der Waals surface area contributed by atoms with Crippen LogP contribution in [0.1, 0.15) is 50.2 Å². The highest BCUT2D eigenvalue weighted by Crippen LogP contribution is 2.59. The van der Waals surface area contributed by atoms with Crippen LogP contribution in [0, 0.1) is 17.4 Å². The van der Waals surface area contributed by atoms with Gasteiger partial charge in [-0.15, -0.1) is 0 Å². The molecule has 0 amide bonds. The molecule has 3 aliphatic rings. The first kappa shape index (κ1) is 11.5. The molecule has 3 aliphatic carbocycles. The van der Waals surface area contributed by atoms with E-state index >= 15 is 0 Å². The molecule has 0 nitrogen and oxygen atoms in total. The summed E-state index contributed by atoms with van der Waals surface area (Å²) < 4.78 is 0. The van der Waals surface area contributed by atoms with Crippen molar-refractivity contribution in [1.29, 1.82) is 0 Å². The van der Waals surface area contributed by atoms with Crippen LogP contribution in [0.3, 0.4) is 0 Å². The molecule has 0 spiro atoms. The molecule has 4 rings (SSSR count). The lowest BCUT2D eigenvalue weighted by Gasteiger charge is -2.42. The first-order chi connectivity index (χ1) is 9.19. The Labute approximate surface area is 116 Å². The number of benzene rings is 1. The molecule has 0 heteroatoms. The quantitative estimate of drug-likeness (QED) is 0.570.